The van der Waals surface area contributed by atoms with E-state index in [4.69, 9.17) is 9.72 Å². The zero-order valence-corrected chi connectivity index (χ0v) is 20.7. The fourth-order valence-corrected chi connectivity index (χ4v) is 6.18. The van der Waals surface area contributed by atoms with Crippen LogP contribution in [0.15, 0.2) is 36.5 Å². The van der Waals surface area contributed by atoms with Crippen LogP contribution in [0.2, 0.25) is 0 Å². The number of nitrogens with zero attached hydrogens (tertiary/aromatic N) is 4. The molecule has 1 amide bonds. The first-order valence-corrected chi connectivity index (χ1v) is 13.4. The average molecular weight is 476 g/mol. The van der Waals surface area contributed by atoms with Gasteiger partial charge in [-0.25, -0.2) is 9.97 Å². The standard InChI is InChI=1S/C28H37N5O2/c1-19-15-21-16-29-28(30-22-10-13-35-14-11-22)31-26(21)18-33(19)27(34)24-9-12-32(23-7-8-23)17-25(24)20-5-3-2-4-6-20/h2-6,16,19,22-25H,7-15,17-18H2,1H3,(H,29,30,31)/t19-,24+,25-/m1/s1. The highest BCUT2D eigenvalue weighted by molar-refractivity contribution is 5.81. The summed E-state index contributed by atoms with van der Waals surface area (Å²) in [5.41, 5.74) is 3.46. The lowest BCUT2D eigenvalue weighted by atomic mass is 9.79. The van der Waals surface area contributed by atoms with Crippen molar-refractivity contribution < 1.29 is 9.53 Å². The maximum atomic E-state index is 14.1. The van der Waals surface area contributed by atoms with E-state index in [1.807, 2.05) is 6.20 Å². The second-order valence-corrected chi connectivity index (χ2v) is 10.9. The average Bonchev–Trinajstić information content (AvgIpc) is 3.75. The maximum absolute atomic E-state index is 14.1. The third-order valence-electron chi connectivity index (χ3n) is 8.41. The van der Waals surface area contributed by atoms with Crippen LogP contribution in [0.25, 0.3) is 0 Å². The zero-order chi connectivity index (χ0) is 23.8. The van der Waals surface area contributed by atoms with Crippen LogP contribution < -0.4 is 5.32 Å². The molecule has 7 nitrogen and oxygen atoms in total. The molecular formula is C28H37N5O2. The van der Waals surface area contributed by atoms with Gasteiger partial charge in [0.2, 0.25) is 11.9 Å². The molecule has 35 heavy (non-hydrogen) atoms. The van der Waals surface area contributed by atoms with Crippen LogP contribution >= 0.6 is 0 Å². The molecule has 3 aliphatic heterocycles. The smallest absolute Gasteiger partial charge is 0.227 e. The number of aromatic nitrogens is 2. The molecule has 3 fully saturated rings. The van der Waals surface area contributed by atoms with Crippen LogP contribution in [0.3, 0.4) is 0 Å². The van der Waals surface area contributed by atoms with E-state index in [9.17, 15) is 4.79 Å². The van der Waals surface area contributed by atoms with Gasteiger partial charge in [0.05, 0.1) is 12.2 Å². The summed E-state index contributed by atoms with van der Waals surface area (Å²) in [5, 5.41) is 3.49. The van der Waals surface area contributed by atoms with Gasteiger partial charge >= 0.3 is 0 Å². The maximum Gasteiger partial charge on any atom is 0.227 e. The SMILES string of the molecule is C[C@@H]1Cc2cnc(NC3CCOCC3)nc2CN1C(=O)[C@H]1CCN(C2CC2)C[C@@H]1c1ccccc1. The van der Waals surface area contributed by atoms with Gasteiger partial charge in [-0.2, -0.15) is 0 Å². The number of hydrogen-bond acceptors (Lipinski definition) is 6. The van der Waals surface area contributed by atoms with Gasteiger partial charge in [-0.3, -0.25) is 9.69 Å². The third kappa shape index (κ3) is 4.94. The van der Waals surface area contributed by atoms with E-state index >= 15 is 0 Å². The number of rotatable bonds is 5. The molecule has 7 heteroatoms. The molecule has 0 unspecified atom stereocenters. The van der Waals surface area contributed by atoms with E-state index in [2.05, 4.69) is 57.4 Å². The van der Waals surface area contributed by atoms with E-state index in [1.165, 1.54) is 24.0 Å². The van der Waals surface area contributed by atoms with Crippen molar-refractivity contribution in [3.63, 3.8) is 0 Å². The summed E-state index contributed by atoms with van der Waals surface area (Å²) in [7, 11) is 0. The molecule has 1 aromatic heterocycles. The van der Waals surface area contributed by atoms with Crippen LogP contribution in [-0.2, 0) is 22.5 Å². The monoisotopic (exact) mass is 475 g/mol. The van der Waals surface area contributed by atoms with Crippen LogP contribution in [0, 0.1) is 5.92 Å². The second-order valence-electron chi connectivity index (χ2n) is 10.9. The van der Waals surface area contributed by atoms with Gasteiger partial charge in [-0.05, 0) is 63.1 Å². The molecule has 4 heterocycles. The first-order chi connectivity index (χ1) is 17.2. The Kier molecular flexibility index (Phi) is 6.46. The van der Waals surface area contributed by atoms with Crippen molar-refractivity contribution in [3.05, 3.63) is 53.3 Å². The molecule has 2 saturated heterocycles. The summed E-state index contributed by atoms with van der Waals surface area (Å²) in [6, 6.07) is 11.9. The van der Waals surface area contributed by atoms with Crippen LogP contribution in [0.5, 0.6) is 0 Å². The van der Waals surface area contributed by atoms with Crippen LogP contribution in [-0.4, -0.2) is 70.1 Å². The van der Waals surface area contributed by atoms with Gasteiger partial charge in [0.15, 0.2) is 0 Å². The van der Waals surface area contributed by atoms with Crippen molar-refractivity contribution in [2.24, 2.45) is 5.92 Å². The lowest BCUT2D eigenvalue weighted by Crippen LogP contribution is -2.51. The molecule has 1 saturated carbocycles. The highest BCUT2D eigenvalue weighted by atomic mass is 16.5. The number of piperidine rings is 1. The number of amides is 1. The number of ether oxygens (including phenoxy) is 1. The minimum Gasteiger partial charge on any atom is -0.381 e. The number of likely N-dealkylation sites (tertiary alicyclic amines) is 1. The number of hydrogen-bond donors (Lipinski definition) is 1. The second kappa shape index (κ2) is 9.86. The highest BCUT2D eigenvalue weighted by Gasteiger charge is 2.42. The van der Waals surface area contributed by atoms with E-state index in [-0.39, 0.29) is 17.9 Å². The first kappa shape index (κ1) is 22.9. The summed E-state index contributed by atoms with van der Waals surface area (Å²) < 4.78 is 5.47. The lowest BCUT2D eigenvalue weighted by molar-refractivity contribution is -0.141. The molecule has 0 spiro atoms. The summed E-state index contributed by atoms with van der Waals surface area (Å²) in [4.78, 5) is 28.3. The molecule has 0 bridgehead atoms. The molecular weight excluding hydrogens is 438 g/mol. The Morgan fingerprint density at radius 1 is 1.09 bits per heavy atom. The predicted molar refractivity (Wildman–Crippen MR) is 135 cm³/mol. The van der Waals surface area contributed by atoms with Crippen molar-refractivity contribution in [1.29, 1.82) is 0 Å². The van der Waals surface area contributed by atoms with E-state index in [0.29, 0.717) is 24.4 Å². The van der Waals surface area contributed by atoms with Crippen molar-refractivity contribution in [2.75, 3.05) is 31.6 Å². The van der Waals surface area contributed by atoms with Crippen molar-refractivity contribution >= 4 is 11.9 Å². The molecule has 1 aliphatic carbocycles. The van der Waals surface area contributed by atoms with Gasteiger partial charge in [0.1, 0.15) is 0 Å². The van der Waals surface area contributed by atoms with Crippen molar-refractivity contribution in [1.82, 2.24) is 19.8 Å². The lowest BCUT2D eigenvalue weighted by Gasteiger charge is -2.43. The normalized spacial score (nSPS) is 27.9. The number of nitrogens with one attached hydrogen (secondary N) is 1. The topological polar surface area (TPSA) is 70.6 Å². The third-order valence-corrected chi connectivity index (χ3v) is 8.41. The molecule has 4 aliphatic rings. The van der Waals surface area contributed by atoms with E-state index in [1.54, 1.807) is 0 Å². The minimum absolute atomic E-state index is 0.0260. The first-order valence-electron chi connectivity index (χ1n) is 13.4. The van der Waals surface area contributed by atoms with E-state index < -0.39 is 0 Å². The Bertz CT molecular complexity index is 1040. The van der Waals surface area contributed by atoms with Gasteiger partial charge < -0.3 is 15.0 Å². The van der Waals surface area contributed by atoms with Crippen molar-refractivity contribution in [2.45, 2.75) is 76.0 Å². The number of carbonyl (C=O) groups is 1. The number of anilines is 1. The summed E-state index contributed by atoms with van der Waals surface area (Å²) >= 11 is 0. The Balaban J connectivity index is 1.20. The Morgan fingerprint density at radius 2 is 1.89 bits per heavy atom. The highest BCUT2D eigenvalue weighted by Crippen LogP contribution is 2.39. The molecule has 6 rings (SSSR count). The number of carbonyl (C=O) groups excluding carboxylic acids is 1. The summed E-state index contributed by atoms with van der Waals surface area (Å²) in [6.45, 7) is 6.33. The van der Waals surface area contributed by atoms with Gasteiger partial charge in [0, 0.05) is 55.9 Å². The molecule has 186 valence electrons. The fraction of sp³-hybridized carbons (Fsp3) is 0.607. The summed E-state index contributed by atoms with van der Waals surface area (Å²) in [5.74, 6) is 1.25. The Morgan fingerprint density at radius 3 is 2.66 bits per heavy atom. The molecule has 2 aromatic rings. The molecule has 1 aromatic carbocycles. The fourth-order valence-electron chi connectivity index (χ4n) is 6.18. The van der Waals surface area contributed by atoms with Gasteiger partial charge in [-0.1, -0.05) is 30.3 Å². The Labute approximate surface area is 208 Å². The van der Waals surface area contributed by atoms with Crippen LogP contribution in [0.4, 0.5) is 5.95 Å². The van der Waals surface area contributed by atoms with Crippen LogP contribution in [0.1, 0.15) is 61.8 Å². The quantitative estimate of drug-likeness (QED) is 0.713. The van der Waals surface area contributed by atoms with Gasteiger partial charge in [0.25, 0.3) is 0 Å². The minimum atomic E-state index is 0.0260. The zero-order valence-electron chi connectivity index (χ0n) is 20.7. The van der Waals surface area contributed by atoms with E-state index in [0.717, 1.165) is 63.7 Å². The number of benzene rings is 1. The summed E-state index contributed by atoms with van der Waals surface area (Å²) in [6.07, 6.45) is 8.28. The molecule has 1 N–H and O–H groups in total. The Hall–Kier alpha value is -2.51. The van der Waals surface area contributed by atoms with Gasteiger partial charge in [-0.15, -0.1) is 0 Å². The number of fused-ring (bicyclic) bond motifs is 1. The molecule has 3 atom stereocenters. The van der Waals surface area contributed by atoms with Crippen molar-refractivity contribution in [3.8, 4) is 0 Å². The molecule has 0 radical (unpaired) electrons. The predicted octanol–water partition coefficient (Wildman–Crippen LogP) is 3.61. The largest absolute Gasteiger partial charge is 0.381 e.